The molecule has 1 saturated heterocycles. The van der Waals surface area contributed by atoms with Gasteiger partial charge in [0.2, 0.25) is 5.91 Å². The Morgan fingerprint density at radius 2 is 1.91 bits per heavy atom. The van der Waals surface area contributed by atoms with Gasteiger partial charge >= 0.3 is 0 Å². The Kier molecular flexibility index (Phi) is 5.55. The van der Waals surface area contributed by atoms with E-state index >= 15 is 0 Å². The minimum Gasteiger partial charge on any atom is -0.467 e. The van der Waals surface area contributed by atoms with E-state index in [1.165, 1.54) is 29.4 Å². The normalized spacial score (nSPS) is 15.8. The highest BCUT2D eigenvalue weighted by Gasteiger charge is 2.44. The molecule has 1 fully saturated rings. The van der Waals surface area contributed by atoms with Crippen molar-refractivity contribution >= 4 is 29.1 Å². The van der Waals surface area contributed by atoms with E-state index in [-0.39, 0.29) is 24.2 Å². The fraction of sp³-hybridized carbons (Fsp3) is 0.174. The zero-order valence-corrected chi connectivity index (χ0v) is 17.1. The van der Waals surface area contributed by atoms with Crippen LogP contribution in [0.25, 0.3) is 0 Å². The molecule has 0 N–H and O–H groups in total. The van der Waals surface area contributed by atoms with Gasteiger partial charge in [0.15, 0.2) is 0 Å². The van der Waals surface area contributed by atoms with E-state index in [0.717, 1.165) is 16.5 Å². The van der Waals surface area contributed by atoms with Gasteiger partial charge in [-0.2, -0.15) is 0 Å². The second-order valence-corrected chi connectivity index (χ2v) is 7.44. The lowest BCUT2D eigenvalue weighted by Gasteiger charge is -2.27. The first-order valence-electron chi connectivity index (χ1n) is 9.86. The van der Waals surface area contributed by atoms with Crippen LogP contribution in [0.1, 0.15) is 28.1 Å². The van der Waals surface area contributed by atoms with Crippen molar-refractivity contribution in [3.8, 4) is 0 Å². The van der Waals surface area contributed by atoms with Gasteiger partial charge in [-0.3, -0.25) is 24.5 Å². The Hall–Kier alpha value is -4.27. The third kappa shape index (κ3) is 4.00. The van der Waals surface area contributed by atoms with Crippen LogP contribution in [-0.2, 0) is 16.1 Å². The van der Waals surface area contributed by atoms with Crippen molar-refractivity contribution in [3.63, 3.8) is 0 Å². The molecule has 1 unspecified atom stereocenters. The van der Waals surface area contributed by atoms with Gasteiger partial charge in [-0.05, 0) is 37.3 Å². The molecule has 1 atom stereocenters. The summed E-state index contributed by atoms with van der Waals surface area (Å²) in [7, 11) is 0. The minimum atomic E-state index is -1.07. The van der Waals surface area contributed by atoms with E-state index < -0.39 is 28.7 Å². The molecule has 9 nitrogen and oxygen atoms in total. The van der Waals surface area contributed by atoms with Crippen LogP contribution in [0.15, 0.2) is 71.3 Å². The molecule has 32 heavy (non-hydrogen) atoms. The second kappa shape index (κ2) is 8.46. The number of non-ortho nitro benzene ring substituents is 1. The summed E-state index contributed by atoms with van der Waals surface area (Å²) in [6.45, 7) is 1.82. The monoisotopic (exact) mass is 433 g/mol. The standard InChI is InChI=1S/C23H19N3O6/c1-15-7-9-17(10-8-15)25-21(27)13-20(23(25)29)24(14-19-6-3-11-32-19)22(28)16-4-2-5-18(12-16)26(30)31/h2-12,20H,13-14H2,1H3. The molecule has 0 saturated carbocycles. The number of rotatable bonds is 6. The summed E-state index contributed by atoms with van der Waals surface area (Å²) in [5, 5.41) is 11.1. The number of hydrogen-bond donors (Lipinski definition) is 0. The molecule has 0 spiro atoms. The van der Waals surface area contributed by atoms with Gasteiger partial charge in [-0.1, -0.05) is 23.8 Å². The van der Waals surface area contributed by atoms with Gasteiger partial charge in [0.1, 0.15) is 11.8 Å². The number of amides is 3. The van der Waals surface area contributed by atoms with Crippen molar-refractivity contribution < 1.29 is 23.7 Å². The van der Waals surface area contributed by atoms with E-state index in [9.17, 15) is 24.5 Å². The molecule has 3 aromatic rings. The van der Waals surface area contributed by atoms with Crippen molar-refractivity contribution in [3.05, 3.63) is 93.9 Å². The quantitative estimate of drug-likeness (QED) is 0.334. The van der Waals surface area contributed by atoms with Crippen LogP contribution in [0.4, 0.5) is 11.4 Å². The fourth-order valence-corrected chi connectivity index (χ4v) is 3.64. The van der Waals surface area contributed by atoms with Crippen LogP contribution in [0.3, 0.4) is 0 Å². The highest BCUT2D eigenvalue weighted by atomic mass is 16.6. The number of benzene rings is 2. The van der Waals surface area contributed by atoms with E-state index in [1.54, 1.807) is 36.4 Å². The summed E-state index contributed by atoms with van der Waals surface area (Å²) in [5.74, 6) is -1.16. The average molecular weight is 433 g/mol. The first kappa shape index (κ1) is 21.0. The smallest absolute Gasteiger partial charge is 0.270 e. The van der Waals surface area contributed by atoms with Crippen molar-refractivity contribution in [2.45, 2.75) is 25.9 Å². The molecule has 162 valence electrons. The maximum absolute atomic E-state index is 13.4. The molecule has 0 aliphatic carbocycles. The SMILES string of the molecule is Cc1ccc(N2C(=O)CC(N(Cc3ccco3)C(=O)c3cccc([N+](=O)[O-])c3)C2=O)cc1. The highest BCUT2D eigenvalue weighted by molar-refractivity contribution is 6.23. The molecule has 0 radical (unpaired) electrons. The number of imide groups is 1. The third-order valence-electron chi connectivity index (χ3n) is 5.26. The molecule has 1 aromatic heterocycles. The Morgan fingerprint density at radius 1 is 1.16 bits per heavy atom. The van der Waals surface area contributed by atoms with E-state index in [2.05, 4.69) is 0 Å². The summed E-state index contributed by atoms with van der Waals surface area (Å²) >= 11 is 0. The number of nitrogens with zero attached hydrogens (tertiary/aromatic N) is 3. The molecule has 4 rings (SSSR count). The summed E-state index contributed by atoms with van der Waals surface area (Å²) in [4.78, 5) is 52.2. The number of nitro benzene ring substituents is 1. The highest BCUT2D eigenvalue weighted by Crippen LogP contribution is 2.28. The number of nitro groups is 1. The zero-order chi connectivity index (χ0) is 22.8. The lowest BCUT2D eigenvalue weighted by molar-refractivity contribution is -0.384. The fourth-order valence-electron chi connectivity index (χ4n) is 3.64. The Balaban J connectivity index is 1.69. The third-order valence-corrected chi connectivity index (χ3v) is 5.26. The molecule has 1 aliphatic heterocycles. The molecule has 3 amide bonds. The molecule has 1 aliphatic rings. The Labute approximate surface area is 183 Å². The molecule has 0 bridgehead atoms. The number of carbonyl (C=O) groups is 3. The van der Waals surface area contributed by atoms with E-state index in [4.69, 9.17) is 4.42 Å². The van der Waals surface area contributed by atoms with Crippen LogP contribution >= 0.6 is 0 Å². The first-order valence-corrected chi connectivity index (χ1v) is 9.86. The minimum absolute atomic E-state index is 0.0415. The number of hydrogen-bond acceptors (Lipinski definition) is 6. The lowest BCUT2D eigenvalue weighted by atomic mass is 10.1. The largest absolute Gasteiger partial charge is 0.467 e. The number of anilines is 1. The van der Waals surface area contributed by atoms with Crippen molar-refractivity contribution in [2.75, 3.05) is 4.90 Å². The topological polar surface area (TPSA) is 114 Å². The van der Waals surface area contributed by atoms with Crippen molar-refractivity contribution in [1.29, 1.82) is 0 Å². The van der Waals surface area contributed by atoms with Crippen LogP contribution in [0.2, 0.25) is 0 Å². The first-order chi connectivity index (χ1) is 15.3. The van der Waals surface area contributed by atoms with Gasteiger partial charge in [-0.25, -0.2) is 4.90 Å². The molecule has 2 heterocycles. The van der Waals surface area contributed by atoms with Crippen LogP contribution in [-0.4, -0.2) is 33.6 Å². The predicted molar refractivity (Wildman–Crippen MR) is 114 cm³/mol. The average Bonchev–Trinajstić information content (AvgIpc) is 3.40. The van der Waals surface area contributed by atoms with Gasteiger partial charge in [0.05, 0.1) is 29.8 Å². The van der Waals surface area contributed by atoms with Gasteiger partial charge in [-0.15, -0.1) is 0 Å². The molecular formula is C23H19N3O6. The van der Waals surface area contributed by atoms with Crippen LogP contribution in [0, 0.1) is 17.0 Å². The second-order valence-electron chi connectivity index (χ2n) is 7.44. The Bertz CT molecular complexity index is 1190. The number of aryl methyl sites for hydroxylation is 1. The Morgan fingerprint density at radius 3 is 2.56 bits per heavy atom. The summed E-state index contributed by atoms with van der Waals surface area (Å²) in [6.07, 6.45) is 1.24. The van der Waals surface area contributed by atoms with E-state index in [1.807, 2.05) is 6.92 Å². The molecule has 9 heteroatoms. The summed E-state index contributed by atoms with van der Waals surface area (Å²) < 4.78 is 5.35. The zero-order valence-electron chi connectivity index (χ0n) is 17.1. The molecular weight excluding hydrogens is 414 g/mol. The van der Waals surface area contributed by atoms with Gasteiger partial charge < -0.3 is 9.32 Å². The van der Waals surface area contributed by atoms with Crippen LogP contribution < -0.4 is 4.90 Å². The maximum Gasteiger partial charge on any atom is 0.270 e. The van der Waals surface area contributed by atoms with Crippen molar-refractivity contribution in [2.24, 2.45) is 0 Å². The number of carbonyl (C=O) groups excluding carboxylic acids is 3. The van der Waals surface area contributed by atoms with E-state index in [0.29, 0.717) is 11.4 Å². The van der Waals surface area contributed by atoms with Crippen LogP contribution in [0.5, 0.6) is 0 Å². The summed E-state index contributed by atoms with van der Waals surface area (Å²) in [6, 6.07) is 14.4. The predicted octanol–water partition coefficient (Wildman–Crippen LogP) is 3.47. The number of furan rings is 1. The lowest BCUT2D eigenvalue weighted by Crippen LogP contribution is -2.45. The van der Waals surface area contributed by atoms with Crippen molar-refractivity contribution in [1.82, 2.24) is 4.90 Å². The van der Waals surface area contributed by atoms with Gasteiger partial charge in [0.25, 0.3) is 17.5 Å². The molecule has 2 aromatic carbocycles. The summed E-state index contributed by atoms with van der Waals surface area (Å²) in [5.41, 5.74) is 1.20. The maximum atomic E-state index is 13.4. The van der Waals surface area contributed by atoms with Gasteiger partial charge in [0, 0.05) is 17.7 Å².